The van der Waals surface area contributed by atoms with Crippen molar-refractivity contribution in [1.82, 2.24) is 0 Å². The molecule has 0 radical (unpaired) electrons. The minimum Gasteiger partial charge on any atom is -0.462 e. The van der Waals surface area contributed by atoms with Gasteiger partial charge >= 0.3 is 39.5 Å². The first-order valence-electron chi connectivity index (χ1n) is 41.5. The maximum Gasteiger partial charge on any atom is 0.472 e. The lowest BCUT2D eigenvalue weighted by Gasteiger charge is -2.21. The number of aliphatic hydroxyl groups excluding tert-OH is 1. The lowest BCUT2D eigenvalue weighted by Crippen LogP contribution is -2.30. The normalized spacial score (nSPS) is 14.1. The smallest absolute Gasteiger partial charge is 0.462 e. The van der Waals surface area contributed by atoms with E-state index in [-0.39, 0.29) is 25.7 Å². The fourth-order valence-corrected chi connectivity index (χ4v) is 13.3. The zero-order valence-electron chi connectivity index (χ0n) is 65.3. The van der Waals surface area contributed by atoms with Gasteiger partial charge in [-0.3, -0.25) is 37.3 Å². The molecular weight excluding hydrogens is 1330 g/mol. The number of hydrogen-bond donors (Lipinski definition) is 3. The summed E-state index contributed by atoms with van der Waals surface area (Å²) in [6, 6.07) is 0. The molecule has 102 heavy (non-hydrogen) atoms. The van der Waals surface area contributed by atoms with E-state index in [9.17, 15) is 43.2 Å². The summed E-state index contributed by atoms with van der Waals surface area (Å²) in [5, 5.41) is 10.6. The Morgan fingerprint density at radius 3 is 0.794 bits per heavy atom. The number of phosphoric acid groups is 2. The number of allylic oxidation sites excluding steroid dienone is 10. The highest BCUT2D eigenvalue weighted by Crippen LogP contribution is 2.45. The molecule has 0 amide bonds. The van der Waals surface area contributed by atoms with Crippen LogP contribution in [0, 0.1) is 0 Å². The second-order valence-electron chi connectivity index (χ2n) is 28.1. The van der Waals surface area contributed by atoms with Crippen LogP contribution >= 0.6 is 15.6 Å². The van der Waals surface area contributed by atoms with Gasteiger partial charge in [0.1, 0.15) is 19.3 Å². The first-order valence-corrected chi connectivity index (χ1v) is 44.5. The maximum absolute atomic E-state index is 13.1. The van der Waals surface area contributed by atoms with Crippen LogP contribution in [-0.4, -0.2) is 96.7 Å². The number of carbonyl (C=O) groups excluding carboxylic acids is 4. The first kappa shape index (κ1) is 98.8. The van der Waals surface area contributed by atoms with Gasteiger partial charge in [0.15, 0.2) is 12.2 Å². The van der Waals surface area contributed by atoms with Gasteiger partial charge in [-0.15, -0.1) is 0 Å². The molecule has 0 rings (SSSR count). The molecule has 5 atom stereocenters. The third-order valence-electron chi connectivity index (χ3n) is 18.0. The van der Waals surface area contributed by atoms with Crippen molar-refractivity contribution in [2.75, 3.05) is 39.6 Å². The Morgan fingerprint density at radius 2 is 0.510 bits per heavy atom. The van der Waals surface area contributed by atoms with Gasteiger partial charge in [-0.05, 0) is 89.9 Å². The quantitative estimate of drug-likeness (QED) is 0.0169. The van der Waals surface area contributed by atoms with Crippen LogP contribution in [0.3, 0.4) is 0 Å². The molecule has 0 heterocycles. The van der Waals surface area contributed by atoms with E-state index < -0.39 is 97.5 Å². The molecule has 5 unspecified atom stereocenters. The van der Waals surface area contributed by atoms with Gasteiger partial charge in [-0.25, -0.2) is 9.13 Å². The molecule has 0 aromatic carbocycles. The Labute approximate surface area is 622 Å². The second-order valence-corrected chi connectivity index (χ2v) is 31.0. The number of carbonyl (C=O) groups is 4. The van der Waals surface area contributed by atoms with E-state index in [1.165, 1.54) is 161 Å². The summed E-state index contributed by atoms with van der Waals surface area (Å²) in [6.45, 7) is 4.83. The average molecular weight is 1480 g/mol. The standard InChI is InChI=1S/C83H152O17P2/c1-5-9-13-17-21-25-29-33-36-37-38-39-42-45-48-52-56-60-64-68-81(86)94-74-79(100-83(88)70-66-62-58-54-50-46-41-35-31-27-23-19-15-11-7-3)76-98-102(91,92)96-72-77(84)71-95-101(89,90)97-75-78(99-82(87)69-65-61-57-53-49-43-32-28-24-20-16-12-8-4)73-93-80(85)67-63-59-55-51-47-44-40-34-30-26-22-18-14-10-6-2/h9,13,21,25,33,35-36,38-39,41,77-79,84H,5-8,10-12,14-20,22-24,26-32,34,37,40,42-76H2,1-4H3,(H,89,90)(H,91,92)/b13-9-,25-21-,36-33-,39-38-,41-35-. The molecule has 0 fully saturated rings. The Balaban J connectivity index is 5.32. The van der Waals surface area contributed by atoms with Crippen LogP contribution in [0.25, 0.3) is 0 Å². The van der Waals surface area contributed by atoms with Crippen molar-refractivity contribution in [1.29, 1.82) is 0 Å². The van der Waals surface area contributed by atoms with E-state index in [0.717, 1.165) is 148 Å². The van der Waals surface area contributed by atoms with E-state index in [2.05, 4.69) is 88.5 Å². The summed E-state index contributed by atoms with van der Waals surface area (Å²) >= 11 is 0. The molecule has 0 saturated heterocycles. The number of phosphoric ester groups is 2. The molecule has 0 saturated carbocycles. The average Bonchev–Trinajstić information content (AvgIpc) is 0.924. The molecular formula is C83H152O17P2. The minimum absolute atomic E-state index is 0.0857. The fourth-order valence-electron chi connectivity index (χ4n) is 11.7. The van der Waals surface area contributed by atoms with E-state index in [1.807, 2.05) is 0 Å². The fraction of sp³-hybridized carbons (Fsp3) is 0.831. The molecule has 0 aromatic heterocycles. The van der Waals surface area contributed by atoms with Gasteiger partial charge in [0, 0.05) is 25.7 Å². The van der Waals surface area contributed by atoms with Crippen LogP contribution in [0.4, 0.5) is 0 Å². The monoisotopic (exact) mass is 1480 g/mol. The van der Waals surface area contributed by atoms with Gasteiger partial charge in [0.2, 0.25) is 0 Å². The van der Waals surface area contributed by atoms with Crippen molar-refractivity contribution in [2.45, 2.75) is 406 Å². The second kappa shape index (κ2) is 76.0. The predicted molar refractivity (Wildman–Crippen MR) is 418 cm³/mol. The Morgan fingerprint density at radius 1 is 0.284 bits per heavy atom. The summed E-state index contributed by atoms with van der Waals surface area (Å²) in [7, 11) is -9.94. The van der Waals surface area contributed by atoms with Crippen LogP contribution in [0.15, 0.2) is 60.8 Å². The Bertz CT molecular complexity index is 2170. The molecule has 0 aromatic rings. The molecule has 596 valence electrons. The summed E-state index contributed by atoms with van der Waals surface area (Å²) < 4.78 is 68.7. The highest BCUT2D eigenvalue weighted by Gasteiger charge is 2.30. The molecule has 3 N–H and O–H groups in total. The summed E-state index contributed by atoms with van der Waals surface area (Å²) in [5.74, 6) is -2.16. The van der Waals surface area contributed by atoms with Crippen LogP contribution in [-0.2, 0) is 65.4 Å². The molecule has 19 heteroatoms. The maximum atomic E-state index is 13.1. The largest absolute Gasteiger partial charge is 0.472 e. The van der Waals surface area contributed by atoms with Gasteiger partial charge in [-0.1, -0.05) is 332 Å². The van der Waals surface area contributed by atoms with Gasteiger partial charge in [-0.2, -0.15) is 0 Å². The van der Waals surface area contributed by atoms with E-state index in [4.69, 9.17) is 37.0 Å². The van der Waals surface area contributed by atoms with Crippen LogP contribution in [0.1, 0.15) is 387 Å². The highest BCUT2D eigenvalue weighted by atomic mass is 31.2. The van der Waals surface area contributed by atoms with E-state index >= 15 is 0 Å². The molecule has 17 nitrogen and oxygen atoms in total. The Hall–Kier alpha value is -3.24. The van der Waals surface area contributed by atoms with E-state index in [0.29, 0.717) is 25.7 Å². The van der Waals surface area contributed by atoms with Gasteiger partial charge in [0.25, 0.3) is 0 Å². The third kappa shape index (κ3) is 75.0. The lowest BCUT2D eigenvalue weighted by molar-refractivity contribution is -0.161. The lowest BCUT2D eigenvalue weighted by atomic mass is 10.0. The Kier molecular flexibility index (Phi) is 73.6. The van der Waals surface area contributed by atoms with Gasteiger partial charge < -0.3 is 33.8 Å². The number of rotatable bonds is 79. The topological polar surface area (TPSA) is 237 Å². The minimum atomic E-state index is -4.98. The van der Waals surface area contributed by atoms with Crippen LogP contribution < -0.4 is 0 Å². The SMILES string of the molecule is CC/C=C\C/C=C\C/C=C\C/C=C\CCCCCCCCC(=O)OCC(COP(=O)(O)OCC(O)COP(=O)(O)OCC(COC(=O)CCCCCCCCCCCCCCCCC)OC(=O)CCCCCCCCCCCCCCC)OC(=O)CCCCCCC/C=C\CCCCCCCC. The zero-order valence-corrected chi connectivity index (χ0v) is 67.1. The molecule has 0 aliphatic carbocycles. The van der Waals surface area contributed by atoms with Crippen LogP contribution in [0.2, 0.25) is 0 Å². The first-order chi connectivity index (χ1) is 49.7. The van der Waals surface area contributed by atoms with E-state index in [1.54, 1.807) is 0 Å². The molecule has 0 aliphatic heterocycles. The van der Waals surface area contributed by atoms with Crippen molar-refractivity contribution in [3.05, 3.63) is 60.8 Å². The summed E-state index contributed by atoms with van der Waals surface area (Å²) in [6.07, 6.45) is 76.1. The predicted octanol–water partition coefficient (Wildman–Crippen LogP) is 24.2. The molecule has 0 spiro atoms. The van der Waals surface area contributed by atoms with Crippen molar-refractivity contribution < 1.29 is 80.2 Å². The van der Waals surface area contributed by atoms with Crippen molar-refractivity contribution in [3.8, 4) is 0 Å². The molecule has 0 aliphatic rings. The number of esters is 4. The van der Waals surface area contributed by atoms with Crippen molar-refractivity contribution >= 4 is 39.5 Å². The van der Waals surface area contributed by atoms with Crippen LogP contribution in [0.5, 0.6) is 0 Å². The summed E-state index contributed by atoms with van der Waals surface area (Å²) in [5.41, 5.74) is 0. The highest BCUT2D eigenvalue weighted by molar-refractivity contribution is 7.47. The van der Waals surface area contributed by atoms with Crippen molar-refractivity contribution in [2.24, 2.45) is 0 Å². The number of ether oxygens (including phenoxy) is 4. The molecule has 0 bridgehead atoms. The zero-order chi connectivity index (χ0) is 74.6. The third-order valence-corrected chi connectivity index (χ3v) is 19.9. The van der Waals surface area contributed by atoms with Gasteiger partial charge in [0.05, 0.1) is 26.4 Å². The number of unbranched alkanes of at least 4 members (excludes halogenated alkanes) is 43. The van der Waals surface area contributed by atoms with Crippen molar-refractivity contribution in [3.63, 3.8) is 0 Å². The number of hydrogen-bond acceptors (Lipinski definition) is 15. The number of aliphatic hydroxyl groups is 1. The summed E-state index contributed by atoms with van der Waals surface area (Å²) in [4.78, 5) is 73.1.